The molecule has 41 heavy (non-hydrogen) atoms. The van der Waals surface area contributed by atoms with E-state index in [1.54, 1.807) is 12.1 Å². The maximum Gasteiger partial charge on any atom is 0.490 e. The summed E-state index contributed by atoms with van der Waals surface area (Å²) in [5.74, 6) is -3.61. The first kappa shape index (κ1) is 30.9. The third kappa shape index (κ3) is 8.17. The molecule has 2 atom stereocenters. The van der Waals surface area contributed by atoms with Crippen LogP contribution in [0.1, 0.15) is 34.3 Å². The minimum absolute atomic E-state index is 0.00177. The van der Waals surface area contributed by atoms with Crippen LogP contribution in [-0.2, 0) is 20.7 Å². The molecule has 216 valence electrons. The number of hydrogen-bond donors (Lipinski definition) is 3. The van der Waals surface area contributed by atoms with Gasteiger partial charge in [-0.25, -0.2) is 4.79 Å². The van der Waals surface area contributed by atoms with Crippen molar-refractivity contribution in [3.05, 3.63) is 95.6 Å². The van der Waals surface area contributed by atoms with E-state index in [1.807, 2.05) is 71.6 Å². The summed E-state index contributed by atoms with van der Waals surface area (Å²) in [5.41, 5.74) is 9.88. The molecule has 0 spiro atoms. The molecule has 1 aliphatic rings. The molecular weight excluding hydrogens is 539 g/mol. The van der Waals surface area contributed by atoms with Crippen LogP contribution in [0.4, 0.5) is 13.2 Å². The van der Waals surface area contributed by atoms with E-state index >= 15 is 0 Å². The van der Waals surface area contributed by atoms with Crippen LogP contribution >= 0.6 is 0 Å². The number of nitrogens with zero attached hydrogens (tertiary/aromatic N) is 1. The number of methoxy groups -OCH3 is 1. The highest BCUT2D eigenvalue weighted by Gasteiger charge is 2.39. The van der Waals surface area contributed by atoms with Crippen molar-refractivity contribution in [3.8, 4) is 11.1 Å². The molecule has 1 aliphatic heterocycles. The summed E-state index contributed by atoms with van der Waals surface area (Å²) in [5, 5.41) is 14.7. The van der Waals surface area contributed by atoms with Gasteiger partial charge in [0.25, 0.3) is 5.91 Å². The van der Waals surface area contributed by atoms with Gasteiger partial charge in [0, 0.05) is 23.7 Å². The SMILES string of the molecule is COC(=O)C(Cc1ccc(C(=N)N)cc1)C1CCCN1C(=O)c1ccc(-c2ccccc2)cc1.O=C(O)C(F)(F)F. The Balaban J connectivity index is 0.000000587. The highest BCUT2D eigenvalue weighted by molar-refractivity contribution is 5.96. The molecule has 1 saturated heterocycles. The maximum absolute atomic E-state index is 13.4. The average Bonchev–Trinajstić information content (AvgIpc) is 3.45. The second-order valence-electron chi connectivity index (χ2n) is 9.40. The lowest BCUT2D eigenvalue weighted by Gasteiger charge is -2.30. The lowest BCUT2D eigenvalue weighted by Crippen LogP contribution is -2.44. The molecule has 2 unspecified atom stereocenters. The number of aliphatic carboxylic acids is 1. The van der Waals surface area contributed by atoms with Crippen molar-refractivity contribution >= 4 is 23.7 Å². The summed E-state index contributed by atoms with van der Waals surface area (Å²) in [6.45, 7) is 0.612. The van der Waals surface area contributed by atoms with E-state index in [2.05, 4.69) is 0 Å². The molecule has 1 heterocycles. The van der Waals surface area contributed by atoms with Gasteiger partial charge in [0.1, 0.15) is 5.84 Å². The fourth-order valence-electron chi connectivity index (χ4n) is 4.67. The van der Waals surface area contributed by atoms with E-state index in [4.69, 9.17) is 25.8 Å². The standard InChI is InChI=1S/C28H29N3O3.C2HF3O2/c1-34-28(33)24(18-19-9-11-22(12-10-19)26(29)30)25-8-5-17-31(25)27(32)23-15-13-21(14-16-23)20-6-3-2-4-7-20;3-2(4,5)1(6)7/h2-4,6-7,9-16,24-25H,5,8,17-18H2,1H3,(H3,29,30);(H,6,7). The normalized spacial score (nSPS) is 15.3. The van der Waals surface area contributed by atoms with Crippen LogP contribution in [0.15, 0.2) is 78.9 Å². The third-order valence-electron chi connectivity index (χ3n) is 6.73. The van der Waals surface area contributed by atoms with Crippen molar-refractivity contribution in [1.29, 1.82) is 5.41 Å². The van der Waals surface area contributed by atoms with E-state index in [0.29, 0.717) is 24.1 Å². The fourth-order valence-corrected chi connectivity index (χ4v) is 4.67. The first-order valence-corrected chi connectivity index (χ1v) is 12.7. The zero-order valence-corrected chi connectivity index (χ0v) is 22.2. The van der Waals surface area contributed by atoms with Gasteiger partial charge in [0.15, 0.2) is 0 Å². The van der Waals surface area contributed by atoms with E-state index < -0.39 is 18.1 Å². The monoisotopic (exact) mass is 569 g/mol. The van der Waals surface area contributed by atoms with Crippen LogP contribution < -0.4 is 5.73 Å². The van der Waals surface area contributed by atoms with Crippen LogP contribution in [0, 0.1) is 11.3 Å². The highest BCUT2D eigenvalue weighted by atomic mass is 19.4. The number of carboxylic acid groups (broad SMARTS) is 1. The number of amides is 1. The fraction of sp³-hybridized carbons (Fsp3) is 0.267. The van der Waals surface area contributed by atoms with Crippen molar-refractivity contribution < 1.29 is 37.4 Å². The topological polar surface area (TPSA) is 134 Å². The Morgan fingerprint density at radius 2 is 1.51 bits per heavy atom. The molecule has 0 aliphatic carbocycles. The van der Waals surface area contributed by atoms with Gasteiger partial charge in [-0.15, -0.1) is 0 Å². The summed E-state index contributed by atoms with van der Waals surface area (Å²) in [6, 6.07) is 24.7. The van der Waals surface area contributed by atoms with Crippen LogP contribution in [-0.4, -0.2) is 59.6 Å². The number of halogens is 3. The molecule has 0 bridgehead atoms. The number of alkyl halides is 3. The Labute approximate surface area is 235 Å². The average molecular weight is 570 g/mol. The Morgan fingerprint density at radius 1 is 0.976 bits per heavy atom. The summed E-state index contributed by atoms with van der Waals surface area (Å²) in [7, 11) is 1.39. The second kappa shape index (κ2) is 13.6. The van der Waals surface area contributed by atoms with Gasteiger partial charge in [0.2, 0.25) is 0 Å². The number of amidine groups is 1. The number of carbonyl (C=O) groups excluding carboxylic acids is 2. The number of esters is 1. The van der Waals surface area contributed by atoms with E-state index in [-0.39, 0.29) is 23.8 Å². The predicted molar refractivity (Wildman–Crippen MR) is 146 cm³/mol. The number of nitrogens with two attached hydrogens (primary N) is 1. The number of nitrogens with one attached hydrogen (secondary N) is 1. The number of carboxylic acids is 1. The summed E-state index contributed by atoms with van der Waals surface area (Å²) >= 11 is 0. The number of hydrogen-bond acceptors (Lipinski definition) is 5. The molecule has 0 radical (unpaired) electrons. The van der Waals surface area contributed by atoms with E-state index in [0.717, 1.165) is 29.5 Å². The van der Waals surface area contributed by atoms with Crippen LogP contribution in [0.2, 0.25) is 0 Å². The molecule has 8 nitrogen and oxygen atoms in total. The number of likely N-dealkylation sites (tertiary alicyclic amines) is 1. The number of benzene rings is 3. The van der Waals surface area contributed by atoms with Crippen molar-refractivity contribution in [2.75, 3.05) is 13.7 Å². The maximum atomic E-state index is 13.4. The van der Waals surface area contributed by atoms with Crippen LogP contribution in [0.5, 0.6) is 0 Å². The van der Waals surface area contributed by atoms with Gasteiger partial charge in [-0.05, 0) is 48.1 Å². The highest BCUT2D eigenvalue weighted by Crippen LogP contribution is 2.30. The van der Waals surface area contributed by atoms with Gasteiger partial charge >= 0.3 is 18.1 Å². The van der Waals surface area contributed by atoms with Crippen molar-refractivity contribution in [2.45, 2.75) is 31.5 Å². The molecular formula is C30H30F3N3O5. The molecule has 1 amide bonds. The molecule has 0 aromatic heterocycles. The van der Waals surface area contributed by atoms with E-state index in [1.165, 1.54) is 7.11 Å². The first-order valence-electron chi connectivity index (χ1n) is 12.7. The molecule has 1 fully saturated rings. The predicted octanol–water partition coefficient (Wildman–Crippen LogP) is 4.91. The summed E-state index contributed by atoms with van der Waals surface area (Å²) < 4.78 is 36.9. The Bertz CT molecular complexity index is 1360. The lowest BCUT2D eigenvalue weighted by molar-refractivity contribution is -0.192. The quantitative estimate of drug-likeness (QED) is 0.210. The minimum atomic E-state index is -5.08. The van der Waals surface area contributed by atoms with Gasteiger partial charge in [0.05, 0.1) is 13.0 Å². The summed E-state index contributed by atoms with van der Waals surface area (Å²) in [4.78, 5) is 36.9. The van der Waals surface area contributed by atoms with Crippen LogP contribution in [0.3, 0.4) is 0 Å². The van der Waals surface area contributed by atoms with Crippen molar-refractivity contribution in [3.63, 3.8) is 0 Å². The van der Waals surface area contributed by atoms with Gasteiger partial charge in [-0.2, -0.15) is 13.2 Å². The second-order valence-corrected chi connectivity index (χ2v) is 9.40. The largest absolute Gasteiger partial charge is 0.490 e. The third-order valence-corrected chi connectivity index (χ3v) is 6.73. The zero-order valence-electron chi connectivity index (χ0n) is 22.2. The molecule has 3 aromatic rings. The van der Waals surface area contributed by atoms with Crippen molar-refractivity contribution in [2.24, 2.45) is 11.7 Å². The molecule has 0 saturated carbocycles. The smallest absolute Gasteiger partial charge is 0.475 e. The van der Waals surface area contributed by atoms with Gasteiger partial charge in [-0.1, -0.05) is 66.7 Å². The van der Waals surface area contributed by atoms with Crippen LogP contribution in [0.25, 0.3) is 11.1 Å². The number of ether oxygens (including phenoxy) is 1. The lowest BCUT2D eigenvalue weighted by atomic mass is 9.90. The molecule has 11 heteroatoms. The number of nitrogen functional groups attached to an aromatic ring is 1. The zero-order chi connectivity index (χ0) is 30.2. The number of carbonyl (C=O) groups is 3. The van der Waals surface area contributed by atoms with E-state index in [9.17, 15) is 22.8 Å². The molecule has 4 rings (SSSR count). The summed E-state index contributed by atoms with van der Waals surface area (Å²) in [6.07, 6.45) is -3.04. The van der Waals surface area contributed by atoms with Gasteiger partial charge < -0.3 is 20.5 Å². The first-order chi connectivity index (χ1) is 19.4. The minimum Gasteiger partial charge on any atom is -0.475 e. The Kier molecular flexibility index (Phi) is 10.2. The molecule has 3 aromatic carbocycles. The van der Waals surface area contributed by atoms with Gasteiger partial charge in [-0.3, -0.25) is 15.0 Å². The van der Waals surface area contributed by atoms with Crippen molar-refractivity contribution in [1.82, 2.24) is 4.90 Å². The Morgan fingerprint density at radius 3 is 2.02 bits per heavy atom. The Hall–Kier alpha value is -4.67. The molecule has 4 N–H and O–H groups in total. The number of rotatable bonds is 7.